The molecule has 2 heterocycles. The van der Waals surface area contributed by atoms with E-state index in [1.54, 1.807) is 0 Å². The first kappa shape index (κ1) is 12.3. The van der Waals surface area contributed by atoms with Crippen molar-refractivity contribution in [2.24, 2.45) is 5.73 Å². The number of aliphatic hydroxyl groups is 1. The summed E-state index contributed by atoms with van der Waals surface area (Å²) in [6.07, 6.45) is 2.10. The summed E-state index contributed by atoms with van der Waals surface area (Å²) in [5.74, 6) is 0.574. The van der Waals surface area contributed by atoms with Crippen LogP contribution in [0, 0.1) is 0 Å². The van der Waals surface area contributed by atoms with Gasteiger partial charge in [0.1, 0.15) is 9.84 Å². The Morgan fingerprint density at radius 2 is 2.00 bits per heavy atom. The molecule has 0 amide bonds. The van der Waals surface area contributed by atoms with E-state index in [0.717, 1.165) is 6.54 Å². The molecule has 94 valence electrons. The molecular weight excluding hydrogens is 228 g/mol. The van der Waals surface area contributed by atoms with Crippen LogP contribution in [-0.2, 0) is 9.84 Å². The van der Waals surface area contributed by atoms with Gasteiger partial charge in [-0.2, -0.15) is 0 Å². The number of sulfone groups is 1. The van der Waals surface area contributed by atoms with E-state index in [-0.39, 0.29) is 18.1 Å². The van der Waals surface area contributed by atoms with Crippen LogP contribution in [0.4, 0.5) is 0 Å². The Bertz CT molecular complexity index is 343. The van der Waals surface area contributed by atoms with Gasteiger partial charge in [0, 0.05) is 25.7 Å². The summed E-state index contributed by atoms with van der Waals surface area (Å²) in [5.41, 5.74) is 4.78. The minimum Gasteiger partial charge on any atom is -0.387 e. The number of nitrogens with zero attached hydrogens (tertiary/aromatic N) is 1. The quantitative estimate of drug-likeness (QED) is 0.652. The van der Waals surface area contributed by atoms with Crippen LogP contribution in [-0.4, -0.2) is 61.2 Å². The Kier molecular flexibility index (Phi) is 3.27. The van der Waals surface area contributed by atoms with Gasteiger partial charge in [-0.1, -0.05) is 0 Å². The Labute approximate surface area is 96.5 Å². The summed E-state index contributed by atoms with van der Waals surface area (Å²) in [6, 6.07) is 0.309. The van der Waals surface area contributed by atoms with Gasteiger partial charge in [0.15, 0.2) is 0 Å². The smallest absolute Gasteiger partial charge is 0.150 e. The number of nitrogens with two attached hydrogens (primary N) is 1. The van der Waals surface area contributed by atoms with E-state index < -0.39 is 15.4 Å². The molecule has 2 aliphatic heterocycles. The zero-order chi connectivity index (χ0) is 11.8. The lowest BCUT2D eigenvalue weighted by Crippen LogP contribution is -2.45. The molecule has 0 radical (unpaired) electrons. The Morgan fingerprint density at radius 3 is 2.50 bits per heavy atom. The fraction of sp³-hybridized carbons (Fsp3) is 1.00. The molecule has 6 heteroatoms. The van der Waals surface area contributed by atoms with E-state index in [2.05, 4.69) is 4.90 Å². The molecule has 2 fully saturated rings. The molecule has 2 aliphatic rings. The molecule has 0 spiro atoms. The molecule has 0 aliphatic carbocycles. The van der Waals surface area contributed by atoms with Gasteiger partial charge >= 0.3 is 0 Å². The number of hydrogen-bond donors (Lipinski definition) is 2. The fourth-order valence-corrected chi connectivity index (χ4v) is 4.08. The predicted molar refractivity (Wildman–Crippen MR) is 61.9 cm³/mol. The van der Waals surface area contributed by atoms with Crippen molar-refractivity contribution in [3.05, 3.63) is 0 Å². The van der Waals surface area contributed by atoms with Crippen molar-refractivity contribution in [3.8, 4) is 0 Å². The van der Waals surface area contributed by atoms with Gasteiger partial charge in [-0.25, -0.2) is 8.42 Å². The summed E-state index contributed by atoms with van der Waals surface area (Å²) in [6.45, 7) is 1.71. The van der Waals surface area contributed by atoms with Crippen LogP contribution in [0.1, 0.15) is 19.3 Å². The summed E-state index contributed by atoms with van der Waals surface area (Å²) < 4.78 is 22.6. The number of β-amino-alcohol motifs (C(OH)–C–C–N with tert-alkyl or cyclic N) is 1. The van der Waals surface area contributed by atoms with Crippen molar-refractivity contribution >= 4 is 9.84 Å². The van der Waals surface area contributed by atoms with Crippen molar-refractivity contribution in [3.63, 3.8) is 0 Å². The molecule has 1 atom stereocenters. The van der Waals surface area contributed by atoms with Crippen molar-refractivity contribution < 1.29 is 13.5 Å². The molecule has 0 saturated carbocycles. The van der Waals surface area contributed by atoms with Gasteiger partial charge in [0.05, 0.1) is 17.1 Å². The first-order valence-electron chi connectivity index (χ1n) is 5.81. The van der Waals surface area contributed by atoms with Crippen LogP contribution in [0.15, 0.2) is 0 Å². The lowest BCUT2D eigenvalue weighted by Gasteiger charge is -2.31. The second-order valence-corrected chi connectivity index (χ2v) is 7.34. The third kappa shape index (κ3) is 2.56. The van der Waals surface area contributed by atoms with Gasteiger partial charge in [-0.3, -0.25) is 4.90 Å². The lowest BCUT2D eigenvalue weighted by atomic mass is 10.0. The van der Waals surface area contributed by atoms with Gasteiger partial charge in [-0.15, -0.1) is 0 Å². The highest BCUT2D eigenvalue weighted by atomic mass is 32.2. The van der Waals surface area contributed by atoms with Crippen molar-refractivity contribution in [2.75, 3.05) is 31.1 Å². The van der Waals surface area contributed by atoms with E-state index in [0.29, 0.717) is 31.8 Å². The minimum atomic E-state index is -2.79. The predicted octanol–water partition coefficient (Wildman–Crippen LogP) is -1.04. The molecule has 0 aromatic rings. The van der Waals surface area contributed by atoms with E-state index in [1.807, 2.05) is 0 Å². The standard InChI is InChI=1S/C10H20N2O3S/c11-7-10(13)3-4-12(8-10)9-1-5-16(14,15)6-2-9/h9,13H,1-8,11H2. The van der Waals surface area contributed by atoms with E-state index in [4.69, 9.17) is 5.73 Å². The van der Waals surface area contributed by atoms with E-state index in [9.17, 15) is 13.5 Å². The molecular formula is C10H20N2O3S. The normalized spacial score (nSPS) is 36.6. The van der Waals surface area contributed by atoms with Crippen LogP contribution >= 0.6 is 0 Å². The van der Waals surface area contributed by atoms with Crippen LogP contribution < -0.4 is 5.73 Å². The van der Waals surface area contributed by atoms with Gasteiger partial charge < -0.3 is 10.8 Å². The van der Waals surface area contributed by atoms with Crippen LogP contribution in [0.5, 0.6) is 0 Å². The topological polar surface area (TPSA) is 83.6 Å². The summed E-state index contributed by atoms with van der Waals surface area (Å²) in [7, 11) is -2.79. The zero-order valence-electron chi connectivity index (χ0n) is 9.43. The lowest BCUT2D eigenvalue weighted by molar-refractivity contribution is 0.0512. The average molecular weight is 248 g/mol. The van der Waals surface area contributed by atoms with Crippen LogP contribution in [0.3, 0.4) is 0 Å². The Hall–Kier alpha value is -0.170. The Balaban J connectivity index is 1.92. The molecule has 16 heavy (non-hydrogen) atoms. The highest BCUT2D eigenvalue weighted by Crippen LogP contribution is 2.26. The largest absolute Gasteiger partial charge is 0.387 e. The highest BCUT2D eigenvalue weighted by Gasteiger charge is 2.39. The summed E-state index contributed by atoms with van der Waals surface area (Å²) >= 11 is 0. The molecule has 2 rings (SSSR count). The summed E-state index contributed by atoms with van der Waals surface area (Å²) in [4.78, 5) is 2.20. The zero-order valence-corrected chi connectivity index (χ0v) is 10.2. The third-order valence-electron chi connectivity index (χ3n) is 3.78. The van der Waals surface area contributed by atoms with Crippen LogP contribution in [0.25, 0.3) is 0 Å². The maximum absolute atomic E-state index is 11.3. The maximum atomic E-state index is 11.3. The number of likely N-dealkylation sites (tertiary alicyclic amines) is 1. The van der Waals surface area contributed by atoms with Gasteiger partial charge in [-0.05, 0) is 19.3 Å². The molecule has 0 aromatic carbocycles. The molecule has 3 N–H and O–H groups in total. The summed E-state index contributed by atoms with van der Waals surface area (Å²) in [5, 5.41) is 10.0. The Morgan fingerprint density at radius 1 is 1.38 bits per heavy atom. The fourth-order valence-electron chi connectivity index (χ4n) is 2.61. The van der Waals surface area contributed by atoms with Gasteiger partial charge in [0.25, 0.3) is 0 Å². The second-order valence-electron chi connectivity index (χ2n) is 5.03. The SMILES string of the molecule is NCC1(O)CCN(C2CCS(=O)(=O)CC2)C1. The van der Waals surface area contributed by atoms with Crippen LogP contribution in [0.2, 0.25) is 0 Å². The molecule has 2 saturated heterocycles. The molecule has 0 bridgehead atoms. The molecule has 0 aromatic heterocycles. The number of hydrogen-bond acceptors (Lipinski definition) is 5. The second kappa shape index (κ2) is 4.25. The first-order valence-corrected chi connectivity index (χ1v) is 7.63. The van der Waals surface area contributed by atoms with Crippen molar-refractivity contribution in [1.29, 1.82) is 0 Å². The van der Waals surface area contributed by atoms with E-state index >= 15 is 0 Å². The highest BCUT2D eigenvalue weighted by molar-refractivity contribution is 7.91. The van der Waals surface area contributed by atoms with E-state index in [1.165, 1.54) is 0 Å². The van der Waals surface area contributed by atoms with Crippen molar-refractivity contribution in [2.45, 2.75) is 30.9 Å². The molecule has 5 nitrogen and oxygen atoms in total. The number of rotatable bonds is 2. The third-order valence-corrected chi connectivity index (χ3v) is 5.50. The maximum Gasteiger partial charge on any atom is 0.150 e. The monoisotopic (exact) mass is 248 g/mol. The van der Waals surface area contributed by atoms with Crippen molar-refractivity contribution in [1.82, 2.24) is 4.90 Å². The van der Waals surface area contributed by atoms with Gasteiger partial charge in [0.2, 0.25) is 0 Å². The first-order chi connectivity index (χ1) is 7.44. The molecule has 1 unspecified atom stereocenters. The average Bonchev–Trinajstić information content (AvgIpc) is 2.62. The minimum absolute atomic E-state index is 0.286.